The fourth-order valence-corrected chi connectivity index (χ4v) is 10.5. The highest BCUT2D eigenvalue weighted by molar-refractivity contribution is 5.97. The maximum absolute atomic E-state index is 14.2. The Morgan fingerprint density at radius 3 is 2.13 bits per heavy atom. The molecule has 1 unspecified atom stereocenters. The molecular weight excluding hydrogens is 779 g/mol. The minimum absolute atomic E-state index is 0.0251. The van der Waals surface area contributed by atoms with Crippen molar-refractivity contribution >= 4 is 29.1 Å². The largest absolute Gasteiger partial charge is 0.507 e. The van der Waals surface area contributed by atoms with Gasteiger partial charge in [0.15, 0.2) is 0 Å². The summed E-state index contributed by atoms with van der Waals surface area (Å²) in [5.41, 5.74) is 4.88. The molecule has 4 aromatic rings. The van der Waals surface area contributed by atoms with Gasteiger partial charge in [-0.05, 0) is 119 Å². The van der Waals surface area contributed by atoms with Crippen LogP contribution in [0.3, 0.4) is 0 Å². The predicted molar refractivity (Wildman–Crippen MR) is 242 cm³/mol. The number of ether oxygens (including phenoxy) is 1. The highest BCUT2D eigenvalue weighted by Crippen LogP contribution is 2.42. The van der Waals surface area contributed by atoms with Crippen LogP contribution in [0.1, 0.15) is 82.6 Å². The number of phenolic OH excluding ortho intramolecular Hbond substituents is 1. The van der Waals surface area contributed by atoms with Crippen LogP contribution in [-0.4, -0.2) is 102 Å². The van der Waals surface area contributed by atoms with Crippen LogP contribution in [0, 0.1) is 11.8 Å². The number of nitrogens with zero attached hydrogens (tertiary/aromatic N) is 5. The van der Waals surface area contributed by atoms with Gasteiger partial charge in [-0.2, -0.15) is 10.2 Å². The Hall–Kier alpha value is -5.33. The van der Waals surface area contributed by atoms with E-state index in [2.05, 4.69) is 96.2 Å². The molecule has 1 spiro atoms. The van der Waals surface area contributed by atoms with Crippen LogP contribution in [0.2, 0.25) is 0 Å². The molecule has 12 heteroatoms. The summed E-state index contributed by atoms with van der Waals surface area (Å²) >= 11 is 0. The Balaban J connectivity index is 0.000000596. The van der Waals surface area contributed by atoms with Crippen LogP contribution in [0.4, 0.5) is 11.4 Å². The van der Waals surface area contributed by atoms with E-state index in [9.17, 15) is 19.5 Å². The second-order valence-electron chi connectivity index (χ2n) is 18.1. The third-order valence-electron chi connectivity index (χ3n) is 14.4. The molecule has 5 saturated heterocycles. The van der Waals surface area contributed by atoms with E-state index in [0.717, 1.165) is 103 Å². The SMILES string of the molecule is O=C(NCC1(c2ccccc2)CCN(c2cnnc(-c3ccccc3O)c2)CC1)C1CCN(CCC2CCN(c3ccccc3)CC2)C2(CCOCC2)C1.O=C1CCCC(=O)N1. The molecule has 12 nitrogen and oxygen atoms in total. The van der Waals surface area contributed by atoms with Crippen molar-refractivity contribution in [2.75, 3.05) is 68.8 Å². The molecule has 3 amide bonds. The number of nitrogens with one attached hydrogen (secondary N) is 2. The number of hydrogen-bond acceptors (Lipinski definition) is 10. The lowest BCUT2D eigenvalue weighted by Crippen LogP contribution is -2.59. The molecule has 1 atom stereocenters. The highest BCUT2D eigenvalue weighted by Gasteiger charge is 2.46. The second-order valence-corrected chi connectivity index (χ2v) is 18.1. The normalized spacial score (nSPS) is 21.7. The van der Waals surface area contributed by atoms with E-state index >= 15 is 0 Å². The van der Waals surface area contributed by atoms with Crippen molar-refractivity contribution < 1.29 is 24.2 Å². The Bertz CT molecular complexity index is 2080. The number of carbonyl (C=O) groups excluding carboxylic acids is 3. The van der Waals surface area contributed by atoms with Gasteiger partial charge in [-0.3, -0.25) is 24.6 Å². The first-order valence-electron chi connectivity index (χ1n) is 22.9. The van der Waals surface area contributed by atoms with Gasteiger partial charge in [0.05, 0.1) is 17.6 Å². The van der Waals surface area contributed by atoms with E-state index < -0.39 is 0 Å². The van der Waals surface area contributed by atoms with E-state index in [-0.39, 0.29) is 40.3 Å². The van der Waals surface area contributed by atoms with Crippen LogP contribution in [0.25, 0.3) is 11.3 Å². The molecule has 0 bridgehead atoms. The maximum atomic E-state index is 14.2. The van der Waals surface area contributed by atoms with Crippen LogP contribution in [0.15, 0.2) is 97.2 Å². The van der Waals surface area contributed by atoms with Crippen LogP contribution in [-0.2, 0) is 24.5 Å². The number of rotatable bonds is 10. The van der Waals surface area contributed by atoms with E-state index in [1.54, 1.807) is 6.07 Å². The molecule has 5 aliphatic rings. The summed E-state index contributed by atoms with van der Waals surface area (Å²) in [5, 5.41) is 24.8. The molecule has 1 aromatic heterocycles. The van der Waals surface area contributed by atoms with Gasteiger partial charge >= 0.3 is 0 Å². The zero-order valence-electron chi connectivity index (χ0n) is 36.1. The number of imide groups is 1. The summed E-state index contributed by atoms with van der Waals surface area (Å²) in [6.45, 7) is 8.28. The molecule has 328 valence electrons. The molecule has 9 rings (SSSR count). The van der Waals surface area contributed by atoms with Gasteiger partial charge in [0.2, 0.25) is 17.7 Å². The molecule has 6 heterocycles. The maximum Gasteiger partial charge on any atom is 0.226 e. The van der Waals surface area contributed by atoms with Gasteiger partial charge in [-0.25, -0.2) is 0 Å². The fraction of sp³-hybridized carbons (Fsp3) is 0.500. The van der Waals surface area contributed by atoms with Crippen molar-refractivity contribution in [3.63, 3.8) is 0 Å². The summed E-state index contributed by atoms with van der Waals surface area (Å²) in [6, 6.07) is 30.9. The van der Waals surface area contributed by atoms with Crippen LogP contribution < -0.4 is 20.4 Å². The number of amides is 3. The minimum Gasteiger partial charge on any atom is -0.507 e. The molecule has 3 N–H and O–H groups in total. The smallest absolute Gasteiger partial charge is 0.226 e. The van der Waals surface area contributed by atoms with Gasteiger partial charge in [0.25, 0.3) is 0 Å². The molecule has 62 heavy (non-hydrogen) atoms. The lowest BCUT2D eigenvalue weighted by molar-refractivity contribution is -0.133. The highest BCUT2D eigenvalue weighted by atomic mass is 16.5. The number of para-hydroxylation sites is 2. The molecule has 0 radical (unpaired) electrons. The molecule has 0 aliphatic carbocycles. The summed E-state index contributed by atoms with van der Waals surface area (Å²) in [7, 11) is 0. The number of anilines is 2. The third kappa shape index (κ3) is 10.5. The average molecular weight is 842 g/mol. The van der Waals surface area contributed by atoms with Crippen molar-refractivity contribution in [1.82, 2.24) is 25.7 Å². The van der Waals surface area contributed by atoms with Gasteiger partial charge in [-0.15, -0.1) is 0 Å². The van der Waals surface area contributed by atoms with Crippen molar-refractivity contribution in [3.8, 4) is 17.0 Å². The van der Waals surface area contributed by atoms with Crippen molar-refractivity contribution in [2.24, 2.45) is 11.8 Å². The minimum atomic E-state index is -0.151. The molecule has 5 fully saturated rings. The first kappa shape index (κ1) is 43.3. The summed E-state index contributed by atoms with van der Waals surface area (Å²) in [4.78, 5) is 42.5. The number of hydrogen-bond donors (Lipinski definition) is 3. The number of phenols is 1. The Kier molecular flexibility index (Phi) is 14.1. The van der Waals surface area contributed by atoms with Crippen LogP contribution in [0.5, 0.6) is 5.75 Å². The lowest BCUT2D eigenvalue weighted by atomic mass is 9.72. The number of likely N-dealkylation sites (tertiary alicyclic amines) is 1. The molecular formula is C50H63N7O5. The summed E-state index contributed by atoms with van der Waals surface area (Å²) in [6.07, 6.45) is 13.0. The monoisotopic (exact) mass is 841 g/mol. The first-order chi connectivity index (χ1) is 30.3. The average Bonchev–Trinajstić information content (AvgIpc) is 3.32. The third-order valence-corrected chi connectivity index (χ3v) is 14.4. The van der Waals surface area contributed by atoms with Gasteiger partial charge < -0.3 is 25.0 Å². The van der Waals surface area contributed by atoms with Gasteiger partial charge in [0.1, 0.15) is 5.75 Å². The zero-order valence-corrected chi connectivity index (χ0v) is 36.1. The number of piperidine rings is 4. The van der Waals surface area contributed by atoms with Crippen molar-refractivity contribution in [1.29, 1.82) is 0 Å². The lowest BCUT2D eigenvalue weighted by Gasteiger charge is -2.52. The number of benzene rings is 3. The van der Waals surface area contributed by atoms with E-state index in [0.29, 0.717) is 37.1 Å². The Morgan fingerprint density at radius 2 is 1.45 bits per heavy atom. The number of carbonyl (C=O) groups is 3. The first-order valence-corrected chi connectivity index (χ1v) is 22.9. The number of aromatic nitrogens is 2. The topological polar surface area (TPSA) is 140 Å². The molecule has 0 saturated carbocycles. The number of aromatic hydroxyl groups is 1. The van der Waals surface area contributed by atoms with Gasteiger partial charge in [0, 0.05) is 86.9 Å². The molecule has 3 aromatic carbocycles. The van der Waals surface area contributed by atoms with Crippen LogP contribution >= 0.6 is 0 Å². The standard InChI is InChI=1S/C45H56N6O3.C5H7NO2/c52-42-14-8-7-13-40(42)41-31-39(33-47-48-41)50-27-19-44(20-28-50,37-9-3-1-4-10-37)34-46-43(53)36-18-26-51(45(32-36)21-29-54-30-22-45)25-17-35-15-23-49(24-16-35)38-11-5-2-6-12-38;7-4-2-1-3-5(8)6-4/h1-14,31,33,35-36,52H,15-30,32,34H2,(H,46,53);1-3H2,(H,6,7,8). The van der Waals surface area contributed by atoms with Crippen molar-refractivity contribution in [3.05, 3.63) is 103 Å². The Morgan fingerprint density at radius 1 is 0.790 bits per heavy atom. The summed E-state index contributed by atoms with van der Waals surface area (Å²) < 4.78 is 5.90. The predicted octanol–water partition coefficient (Wildman–Crippen LogP) is 6.88. The molecule has 5 aliphatic heterocycles. The van der Waals surface area contributed by atoms with Gasteiger partial charge in [-0.1, -0.05) is 60.7 Å². The zero-order chi connectivity index (χ0) is 42.8. The quantitative estimate of drug-likeness (QED) is 0.145. The van der Waals surface area contributed by atoms with Crippen molar-refractivity contribution in [2.45, 2.75) is 88.0 Å². The van der Waals surface area contributed by atoms with E-state index in [4.69, 9.17) is 4.74 Å². The Labute approximate surface area is 366 Å². The fourth-order valence-electron chi connectivity index (χ4n) is 10.5. The van der Waals surface area contributed by atoms with E-state index in [1.807, 2.05) is 30.5 Å². The summed E-state index contributed by atoms with van der Waals surface area (Å²) in [5.74, 6) is 0.930. The second kappa shape index (κ2) is 20.2. The van der Waals surface area contributed by atoms with E-state index in [1.165, 1.54) is 30.5 Å².